The van der Waals surface area contributed by atoms with Gasteiger partial charge in [0.25, 0.3) is 0 Å². The molecule has 7 nitrogen and oxygen atoms in total. The molecule has 0 bridgehead atoms. The van der Waals surface area contributed by atoms with Gasteiger partial charge in [0.2, 0.25) is 11.8 Å². The van der Waals surface area contributed by atoms with Crippen molar-refractivity contribution in [1.29, 1.82) is 0 Å². The molecule has 0 saturated heterocycles. The second kappa shape index (κ2) is 10.7. The first-order valence-electron chi connectivity index (χ1n) is 10.9. The standard InChI is InChI=1S/C25H31N5O2/c1-3-16(2)23(27)25(32)30-21(24(31)29-15-18-9-11-22(26)28-14-18)13-17-8-10-19-6-4-5-7-20(19)12-17/h4-12,14,16,21,23H,3,13,15,27H2,1-2H3,(H2,26,28)(H,29,31)(H,30,32)/t16-,21+,23-/m0/s1. The van der Waals surface area contributed by atoms with Crippen LogP contribution in [-0.2, 0) is 22.6 Å². The number of nitrogens with two attached hydrogens (primary N) is 2. The molecule has 0 radical (unpaired) electrons. The van der Waals surface area contributed by atoms with Crippen molar-refractivity contribution in [3.05, 3.63) is 71.9 Å². The number of pyridine rings is 1. The number of anilines is 1. The van der Waals surface area contributed by atoms with Crippen LogP contribution in [0.15, 0.2) is 60.8 Å². The van der Waals surface area contributed by atoms with Crippen molar-refractivity contribution in [3.63, 3.8) is 0 Å². The minimum Gasteiger partial charge on any atom is -0.384 e. The number of hydrogen-bond acceptors (Lipinski definition) is 5. The Morgan fingerprint density at radius 3 is 2.41 bits per heavy atom. The minimum absolute atomic E-state index is 0.0141. The lowest BCUT2D eigenvalue weighted by Crippen LogP contribution is -2.53. The molecule has 0 fully saturated rings. The van der Waals surface area contributed by atoms with Gasteiger partial charge in [0, 0.05) is 19.2 Å². The molecule has 0 spiro atoms. The first-order chi connectivity index (χ1) is 15.4. The molecule has 0 unspecified atom stereocenters. The van der Waals surface area contributed by atoms with Crippen LogP contribution in [0.2, 0.25) is 0 Å². The molecule has 2 amide bonds. The monoisotopic (exact) mass is 433 g/mol. The maximum absolute atomic E-state index is 13.0. The first-order valence-corrected chi connectivity index (χ1v) is 10.9. The number of nitrogens with zero attached hydrogens (tertiary/aromatic N) is 1. The summed E-state index contributed by atoms with van der Waals surface area (Å²) < 4.78 is 0. The van der Waals surface area contributed by atoms with Crippen molar-refractivity contribution in [2.24, 2.45) is 11.7 Å². The third-order valence-corrected chi connectivity index (χ3v) is 5.76. The van der Waals surface area contributed by atoms with Crippen LogP contribution in [0, 0.1) is 5.92 Å². The molecule has 168 valence electrons. The van der Waals surface area contributed by atoms with Gasteiger partial charge in [-0.25, -0.2) is 4.98 Å². The molecule has 0 aliphatic heterocycles. The normalized spacial score (nSPS) is 13.8. The molecular formula is C25H31N5O2. The summed E-state index contributed by atoms with van der Waals surface area (Å²) in [4.78, 5) is 29.8. The Kier molecular flexibility index (Phi) is 7.78. The van der Waals surface area contributed by atoms with Crippen LogP contribution in [0.1, 0.15) is 31.4 Å². The predicted molar refractivity (Wildman–Crippen MR) is 128 cm³/mol. The summed E-state index contributed by atoms with van der Waals surface area (Å²) in [6, 6.07) is 16.1. The van der Waals surface area contributed by atoms with Crippen molar-refractivity contribution in [2.75, 3.05) is 5.73 Å². The molecule has 0 aliphatic carbocycles. The van der Waals surface area contributed by atoms with Crippen molar-refractivity contribution in [1.82, 2.24) is 15.6 Å². The molecule has 32 heavy (non-hydrogen) atoms. The Morgan fingerprint density at radius 1 is 1.00 bits per heavy atom. The van der Waals surface area contributed by atoms with E-state index in [0.29, 0.717) is 12.2 Å². The average Bonchev–Trinajstić information content (AvgIpc) is 2.81. The topological polar surface area (TPSA) is 123 Å². The Balaban J connectivity index is 1.76. The maximum Gasteiger partial charge on any atom is 0.243 e. The van der Waals surface area contributed by atoms with E-state index >= 15 is 0 Å². The lowest BCUT2D eigenvalue weighted by atomic mass is 9.97. The number of nitrogens with one attached hydrogen (secondary N) is 2. The fourth-order valence-electron chi connectivity index (χ4n) is 3.44. The number of benzene rings is 2. The van der Waals surface area contributed by atoms with Gasteiger partial charge in [-0.15, -0.1) is 0 Å². The predicted octanol–water partition coefficient (Wildman–Crippen LogP) is 2.53. The van der Waals surface area contributed by atoms with E-state index in [1.165, 1.54) is 0 Å². The molecule has 7 heteroatoms. The highest BCUT2D eigenvalue weighted by Crippen LogP contribution is 2.17. The molecule has 0 saturated carbocycles. The second-order valence-corrected chi connectivity index (χ2v) is 8.17. The van der Waals surface area contributed by atoms with Crippen LogP contribution in [0.5, 0.6) is 0 Å². The zero-order valence-corrected chi connectivity index (χ0v) is 18.5. The fourth-order valence-corrected chi connectivity index (χ4v) is 3.44. The van der Waals surface area contributed by atoms with E-state index < -0.39 is 12.1 Å². The summed E-state index contributed by atoms with van der Waals surface area (Å²) in [5.74, 6) is -0.171. The molecule has 6 N–H and O–H groups in total. The summed E-state index contributed by atoms with van der Waals surface area (Å²) in [7, 11) is 0. The number of rotatable bonds is 9. The minimum atomic E-state index is -0.750. The number of fused-ring (bicyclic) bond motifs is 1. The van der Waals surface area contributed by atoms with Gasteiger partial charge >= 0.3 is 0 Å². The summed E-state index contributed by atoms with van der Waals surface area (Å²) in [6.07, 6.45) is 2.75. The lowest BCUT2D eigenvalue weighted by Gasteiger charge is -2.23. The van der Waals surface area contributed by atoms with Crippen LogP contribution in [-0.4, -0.2) is 28.9 Å². The summed E-state index contributed by atoms with van der Waals surface area (Å²) >= 11 is 0. The van der Waals surface area contributed by atoms with Gasteiger partial charge in [0.05, 0.1) is 6.04 Å². The van der Waals surface area contributed by atoms with Crippen molar-refractivity contribution in [2.45, 2.75) is 45.3 Å². The molecular weight excluding hydrogens is 402 g/mol. The quantitative estimate of drug-likeness (QED) is 0.413. The number of amides is 2. The average molecular weight is 434 g/mol. The maximum atomic E-state index is 13.0. The lowest BCUT2D eigenvalue weighted by molar-refractivity contribution is -0.130. The van der Waals surface area contributed by atoms with Crippen LogP contribution in [0.3, 0.4) is 0 Å². The highest BCUT2D eigenvalue weighted by atomic mass is 16.2. The van der Waals surface area contributed by atoms with Gasteiger partial charge < -0.3 is 22.1 Å². The van der Waals surface area contributed by atoms with Crippen LogP contribution in [0.4, 0.5) is 5.82 Å². The third kappa shape index (κ3) is 6.04. The summed E-state index contributed by atoms with van der Waals surface area (Å²) in [6.45, 7) is 4.20. The molecule has 0 aliphatic rings. The second-order valence-electron chi connectivity index (χ2n) is 8.17. The zero-order valence-electron chi connectivity index (χ0n) is 18.5. The van der Waals surface area contributed by atoms with E-state index in [1.807, 2.05) is 56.3 Å². The van der Waals surface area contributed by atoms with E-state index in [2.05, 4.69) is 15.6 Å². The van der Waals surface area contributed by atoms with E-state index in [0.717, 1.165) is 28.3 Å². The molecule has 3 rings (SSSR count). The Hall–Kier alpha value is -3.45. The number of nitrogen functional groups attached to an aromatic ring is 1. The number of hydrogen-bond donors (Lipinski definition) is 4. The van der Waals surface area contributed by atoms with Crippen LogP contribution < -0.4 is 22.1 Å². The van der Waals surface area contributed by atoms with Crippen molar-refractivity contribution >= 4 is 28.4 Å². The van der Waals surface area contributed by atoms with Gasteiger partial charge in [-0.2, -0.15) is 0 Å². The number of carbonyl (C=O) groups excluding carboxylic acids is 2. The van der Waals surface area contributed by atoms with E-state index in [-0.39, 0.29) is 24.3 Å². The summed E-state index contributed by atoms with van der Waals surface area (Å²) in [5.41, 5.74) is 13.5. The van der Waals surface area contributed by atoms with E-state index in [1.54, 1.807) is 18.3 Å². The largest absolute Gasteiger partial charge is 0.384 e. The Morgan fingerprint density at radius 2 is 1.72 bits per heavy atom. The molecule has 3 aromatic rings. The van der Waals surface area contributed by atoms with Gasteiger partial charge in [0.15, 0.2) is 0 Å². The van der Waals surface area contributed by atoms with E-state index in [9.17, 15) is 9.59 Å². The van der Waals surface area contributed by atoms with E-state index in [4.69, 9.17) is 11.5 Å². The van der Waals surface area contributed by atoms with Crippen molar-refractivity contribution < 1.29 is 9.59 Å². The Bertz CT molecular complexity index is 1070. The van der Waals surface area contributed by atoms with Gasteiger partial charge in [-0.3, -0.25) is 9.59 Å². The zero-order chi connectivity index (χ0) is 23.1. The molecule has 3 atom stereocenters. The highest BCUT2D eigenvalue weighted by Gasteiger charge is 2.26. The van der Waals surface area contributed by atoms with Crippen molar-refractivity contribution in [3.8, 4) is 0 Å². The molecule has 1 aromatic heterocycles. The van der Waals surface area contributed by atoms with Gasteiger partial charge in [-0.05, 0) is 33.9 Å². The fraction of sp³-hybridized carbons (Fsp3) is 0.320. The summed E-state index contributed by atoms with van der Waals surface area (Å²) in [5, 5.41) is 7.95. The Labute approximate surface area is 188 Å². The smallest absolute Gasteiger partial charge is 0.243 e. The van der Waals surface area contributed by atoms with Gasteiger partial charge in [0.1, 0.15) is 11.9 Å². The van der Waals surface area contributed by atoms with Crippen LogP contribution >= 0.6 is 0 Å². The highest BCUT2D eigenvalue weighted by molar-refractivity contribution is 5.90. The molecule has 2 aromatic carbocycles. The SMILES string of the molecule is CC[C@H](C)[C@H](N)C(=O)N[C@H](Cc1ccc2ccccc2c1)C(=O)NCc1ccc(N)nc1. The first kappa shape index (κ1) is 23.2. The van der Waals surface area contributed by atoms with Crippen LogP contribution in [0.25, 0.3) is 10.8 Å². The van der Waals surface area contributed by atoms with Gasteiger partial charge in [-0.1, -0.05) is 68.8 Å². The third-order valence-electron chi connectivity index (χ3n) is 5.76. The molecule has 1 heterocycles. The number of aromatic nitrogens is 1. The number of carbonyl (C=O) groups is 2.